The Kier molecular flexibility index (Phi) is 6.28. The Morgan fingerprint density at radius 2 is 1.64 bits per heavy atom. The third-order valence-corrected chi connectivity index (χ3v) is 3.46. The number of rotatable bonds is 6. The first-order valence-corrected chi connectivity index (χ1v) is 7.70. The van der Waals surface area contributed by atoms with Crippen molar-refractivity contribution < 1.29 is 23.9 Å². The summed E-state index contributed by atoms with van der Waals surface area (Å²) >= 11 is 0. The molecule has 0 aliphatic heterocycles. The number of methoxy groups -OCH3 is 1. The molecule has 0 fully saturated rings. The van der Waals surface area contributed by atoms with Gasteiger partial charge in [0.2, 0.25) is 5.91 Å². The van der Waals surface area contributed by atoms with Gasteiger partial charge in [-0.15, -0.1) is 0 Å². The molecule has 1 amide bonds. The van der Waals surface area contributed by atoms with Crippen LogP contribution in [0.4, 0.5) is 0 Å². The fourth-order valence-electron chi connectivity index (χ4n) is 2.30. The van der Waals surface area contributed by atoms with Crippen molar-refractivity contribution in [2.75, 3.05) is 7.11 Å². The van der Waals surface area contributed by atoms with Gasteiger partial charge in [0.15, 0.2) is 0 Å². The van der Waals surface area contributed by atoms with Gasteiger partial charge in [-0.25, -0.2) is 4.79 Å². The first-order valence-electron chi connectivity index (χ1n) is 7.70. The van der Waals surface area contributed by atoms with Gasteiger partial charge in [0.25, 0.3) is 0 Å². The van der Waals surface area contributed by atoms with Gasteiger partial charge in [0.05, 0.1) is 25.1 Å². The van der Waals surface area contributed by atoms with Crippen LogP contribution >= 0.6 is 0 Å². The molecule has 1 N–H and O–H groups in total. The highest BCUT2D eigenvalue weighted by Gasteiger charge is 2.18. The van der Waals surface area contributed by atoms with Gasteiger partial charge in [0, 0.05) is 6.92 Å². The Labute approximate surface area is 145 Å². The number of carbonyl (C=O) groups is 3. The van der Waals surface area contributed by atoms with Crippen molar-refractivity contribution in [3.05, 3.63) is 65.7 Å². The summed E-state index contributed by atoms with van der Waals surface area (Å²) in [5.41, 5.74) is 1.18. The van der Waals surface area contributed by atoms with Gasteiger partial charge < -0.3 is 14.8 Å². The van der Waals surface area contributed by atoms with Crippen molar-refractivity contribution in [3.8, 4) is 5.75 Å². The van der Waals surface area contributed by atoms with Gasteiger partial charge in [-0.05, 0) is 29.8 Å². The second kappa shape index (κ2) is 8.63. The zero-order valence-corrected chi connectivity index (χ0v) is 14.0. The number of ether oxygens (including phenoxy) is 2. The fourth-order valence-corrected chi connectivity index (χ4v) is 2.30. The lowest BCUT2D eigenvalue weighted by molar-refractivity contribution is -0.135. The minimum Gasteiger partial charge on any atom is -0.465 e. The molecule has 0 bridgehead atoms. The molecular formula is C19H19NO5. The molecule has 0 aromatic heterocycles. The van der Waals surface area contributed by atoms with E-state index in [4.69, 9.17) is 4.74 Å². The van der Waals surface area contributed by atoms with Gasteiger partial charge in [-0.1, -0.05) is 30.3 Å². The molecule has 0 spiro atoms. The highest BCUT2D eigenvalue weighted by atomic mass is 16.5. The van der Waals surface area contributed by atoms with E-state index in [-0.39, 0.29) is 12.3 Å². The van der Waals surface area contributed by atoms with Crippen LogP contribution in [0.1, 0.15) is 35.3 Å². The molecule has 2 aromatic carbocycles. The van der Waals surface area contributed by atoms with E-state index >= 15 is 0 Å². The summed E-state index contributed by atoms with van der Waals surface area (Å²) in [7, 11) is 1.29. The molecule has 0 aliphatic carbocycles. The largest absolute Gasteiger partial charge is 0.465 e. The summed E-state index contributed by atoms with van der Waals surface area (Å²) in [6.45, 7) is 1.40. The van der Waals surface area contributed by atoms with Crippen molar-refractivity contribution >= 4 is 17.8 Å². The van der Waals surface area contributed by atoms with Crippen LogP contribution in [0.5, 0.6) is 5.75 Å². The van der Waals surface area contributed by atoms with Crippen molar-refractivity contribution in [2.24, 2.45) is 0 Å². The lowest BCUT2D eigenvalue weighted by Gasteiger charge is -2.17. The third kappa shape index (κ3) is 5.46. The Morgan fingerprint density at radius 1 is 1.00 bits per heavy atom. The van der Waals surface area contributed by atoms with Gasteiger partial charge >= 0.3 is 11.9 Å². The van der Waals surface area contributed by atoms with Crippen molar-refractivity contribution in [2.45, 2.75) is 19.4 Å². The summed E-state index contributed by atoms with van der Waals surface area (Å²) in [6.07, 6.45) is -0.0116. The van der Waals surface area contributed by atoms with Gasteiger partial charge in [-0.2, -0.15) is 0 Å². The molecule has 0 unspecified atom stereocenters. The molecule has 2 aromatic rings. The van der Waals surface area contributed by atoms with Crippen molar-refractivity contribution in [3.63, 3.8) is 0 Å². The molecule has 1 atom stereocenters. The number of hydrogen-bond donors (Lipinski definition) is 1. The molecule has 25 heavy (non-hydrogen) atoms. The number of esters is 2. The SMILES string of the molecule is COC(=O)c1ccc(OC(=O)C[C@@H](NC(C)=O)c2ccccc2)cc1. The molecule has 2 rings (SSSR count). The molecule has 0 saturated heterocycles. The number of carbonyl (C=O) groups excluding carboxylic acids is 3. The number of nitrogens with one attached hydrogen (secondary N) is 1. The summed E-state index contributed by atoms with van der Waals surface area (Å²) in [5, 5.41) is 2.74. The van der Waals surface area contributed by atoms with Crippen LogP contribution in [0.25, 0.3) is 0 Å². The predicted octanol–water partition coefficient (Wildman–Crippen LogP) is 2.65. The van der Waals surface area contributed by atoms with E-state index in [1.807, 2.05) is 30.3 Å². The lowest BCUT2D eigenvalue weighted by atomic mass is 10.0. The first-order chi connectivity index (χ1) is 12.0. The lowest BCUT2D eigenvalue weighted by Crippen LogP contribution is -2.29. The van der Waals surface area contributed by atoms with Crippen LogP contribution in [0.2, 0.25) is 0 Å². The van der Waals surface area contributed by atoms with Crippen LogP contribution in [0.3, 0.4) is 0 Å². The Balaban J connectivity index is 2.03. The molecule has 0 saturated carbocycles. The van der Waals surface area contributed by atoms with Crippen molar-refractivity contribution in [1.29, 1.82) is 0 Å². The molecule has 0 radical (unpaired) electrons. The quantitative estimate of drug-likeness (QED) is 0.645. The minimum absolute atomic E-state index is 0.0116. The molecule has 6 nitrogen and oxygen atoms in total. The first kappa shape index (κ1) is 18.2. The van der Waals surface area contributed by atoms with Crippen LogP contribution in [0.15, 0.2) is 54.6 Å². The monoisotopic (exact) mass is 341 g/mol. The maximum atomic E-state index is 12.2. The summed E-state index contributed by atoms with van der Waals surface area (Å²) < 4.78 is 9.88. The summed E-state index contributed by atoms with van der Waals surface area (Å²) in [6, 6.07) is 14.8. The van der Waals surface area contributed by atoms with E-state index in [0.29, 0.717) is 11.3 Å². The van der Waals surface area contributed by atoms with E-state index in [9.17, 15) is 14.4 Å². The molecule has 0 heterocycles. The average Bonchev–Trinajstić information content (AvgIpc) is 2.61. The molecular weight excluding hydrogens is 322 g/mol. The minimum atomic E-state index is -0.492. The zero-order chi connectivity index (χ0) is 18.2. The van der Waals surface area contributed by atoms with E-state index in [0.717, 1.165) is 5.56 Å². The van der Waals surface area contributed by atoms with Crippen LogP contribution in [-0.2, 0) is 14.3 Å². The van der Waals surface area contributed by atoms with Crippen LogP contribution in [0, 0.1) is 0 Å². The number of amides is 1. The van der Waals surface area contributed by atoms with Crippen LogP contribution in [-0.4, -0.2) is 25.0 Å². The Morgan fingerprint density at radius 3 is 2.20 bits per heavy atom. The standard InChI is InChI=1S/C19H19NO5/c1-13(21)20-17(14-6-4-3-5-7-14)12-18(22)25-16-10-8-15(9-11-16)19(23)24-2/h3-11,17H,12H2,1-2H3,(H,20,21)/t17-/m1/s1. The maximum absolute atomic E-state index is 12.2. The van der Waals surface area contributed by atoms with E-state index < -0.39 is 18.0 Å². The zero-order valence-electron chi connectivity index (χ0n) is 14.0. The summed E-state index contributed by atoms with van der Waals surface area (Å²) in [5.74, 6) is -0.877. The van der Waals surface area contributed by atoms with E-state index in [1.165, 1.54) is 38.3 Å². The van der Waals surface area contributed by atoms with E-state index in [1.54, 1.807) is 0 Å². The number of hydrogen-bond acceptors (Lipinski definition) is 5. The fraction of sp³-hybridized carbons (Fsp3) is 0.211. The van der Waals surface area contributed by atoms with E-state index in [2.05, 4.69) is 10.1 Å². The molecule has 0 aliphatic rings. The third-order valence-electron chi connectivity index (χ3n) is 3.46. The second-order valence-corrected chi connectivity index (χ2v) is 5.36. The maximum Gasteiger partial charge on any atom is 0.337 e. The smallest absolute Gasteiger partial charge is 0.337 e. The normalized spacial score (nSPS) is 11.3. The second-order valence-electron chi connectivity index (χ2n) is 5.36. The Hall–Kier alpha value is -3.15. The van der Waals surface area contributed by atoms with Crippen molar-refractivity contribution in [1.82, 2.24) is 5.32 Å². The Bertz CT molecular complexity index is 740. The topological polar surface area (TPSA) is 81.7 Å². The van der Waals surface area contributed by atoms with Gasteiger partial charge in [-0.3, -0.25) is 9.59 Å². The average molecular weight is 341 g/mol. The molecule has 130 valence electrons. The highest BCUT2D eigenvalue weighted by Crippen LogP contribution is 2.19. The predicted molar refractivity (Wildman–Crippen MR) is 91.0 cm³/mol. The van der Waals surface area contributed by atoms with Gasteiger partial charge in [0.1, 0.15) is 5.75 Å². The highest BCUT2D eigenvalue weighted by molar-refractivity contribution is 5.89. The molecule has 6 heteroatoms. The summed E-state index contributed by atoms with van der Waals surface area (Å²) in [4.78, 5) is 35.0. The number of benzene rings is 2. The van der Waals surface area contributed by atoms with Crippen LogP contribution < -0.4 is 10.1 Å².